The van der Waals surface area contributed by atoms with E-state index >= 15 is 0 Å². The molecule has 4 nitrogen and oxygen atoms in total. The molecular formula is C14H13BrFN3O. The highest BCUT2D eigenvalue weighted by Gasteiger charge is 2.08. The van der Waals surface area contributed by atoms with Gasteiger partial charge in [0, 0.05) is 10.7 Å². The Morgan fingerprint density at radius 2 is 2.20 bits per heavy atom. The molecule has 1 aromatic carbocycles. The van der Waals surface area contributed by atoms with Crippen molar-refractivity contribution in [3.63, 3.8) is 0 Å². The van der Waals surface area contributed by atoms with Crippen molar-refractivity contribution in [3.05, 3.63) is 57.8 Å². The molecule has 0 atom stereocenters. The number of hydrogen-bond acceptors (Lipinski definition) is 3. The molecule has 0 aliphatic rings. The third-order valence-corrected chi connectivity index (χ3v) is 3.40. The van der Waals surface area contributed by atoms with Gasteiger partial charge in [0.05, 0.1) is 18.7 Å². The standard InChI is InChI=1S/C14H13BrFN3O/c1-9-17-5-4-12(19-9)8-18-14(20)6-10-2-3-11(16)7-13(10)15/h2-5,7H,6,8H2,1H3,(H,18,20). The van der Waals surface area contributed by atoms with Crippen LogP contribution in [0.15, 0.2) is 34.9 Å². The molecular weight excluding hydrogens is 325 g/mol. The van der Waals surface area contributed by atoms with Crippen LogP contribution in [0.3, 0.4) is 0 Å². The predicted octanol–water partition coefficient (Wildman–Crippen LogP) is 2.55. The molecule has 2 aromatic rings. The van der Waals surface area contributed by atoms with Crippen molar-refractivity contribution in [2.24, 2.45) is 0 Å². The molecule has 104 valence electrons. The van der Waals surface area contributed by atoms with Gasteiger partial charge in [-0.1, -0.05) is 22.0 Å². The summed E-state index contributed by atoms with van der Waals surface area (Å²) in [5.74, 6) is 0.184. The first-order chi connectivity index (χ1) is 9.54. The highest BCUT2D eigenvalue weighted by atomic mass is 79.9. The first-order valence-electron chi connectivity index (χ1n) is 6.04. The van der Waals surface area contributed by atoms with E-state index in [2.05, 4.69) is 31.2 Å². The normalized spacial score (nSPS) is 10.3. The minimum atomic E-state index is -0.336. The summed E-state index contributed by atoms with van der Waals surface area (Å²) >= 11 is 3.24. The van der Waals surface area contributed by atoms with Crippen molar-refractivity contribution in [2.45, 2.75) is 19.9 Å². The van der Waals surface area contributed by atoms with Gasteiger partial charge in [0.15, 0.2) is 0 Å². The Balaban J connectivity index is 1.92. The van der Waals surface area contributed by atoms with Crippen LogP contribution < -0.4 is 5.32 Å². The van der Waals surface area contributed by atoms with E-state index in [1.165, 1.54) is 12.1 Å². The van der Waals surface area contributed by atoms with E-state index in [-0.39, 0.29) is 18.1 Å². The van der Waals surface area contributed by atoms with E-state index in [1.54, 1.807) is 25.3 Å². The molecule has 0 fully saturated rings. The Labute approximate surface area is 124 Å². The second-order valence-electron chi connectivity index (χ2n) is 4.28. The number of nitrogens with one attached hydrogen (secondary N) is 1. The van der Waals surface area contributed by atoms with Gasteiger partial charge < -0.3 is 5.32 Å². The van der Waals surface area contributed by atoms with Crippen molar-refractivity contribution in [3.8, 4) is 0 Å². The second kappa shape index (κ2) is 6.56. The van der Waals surface area contributed by atoms with E-state index in [4.69, 9.17) is 0 Å². The van der Waals surface area contributed by atoms with Crippen LogP contribution in [-0.4, -0.2) is 15.9 Å². The number of rotatable bonds is 4. The van der Waals surface area contributed by atoms with Gasteiger partial charge in [-0.05, 0) is 30.7 Å². The SMILES string of the molecule is Cc1nccc(CNC(=O)Cc2ccc(F)cc2Br)n1. The molecule has 1 heterocycles. The molecule has 0 aliphatic carbocycles. The fourth-order valence-electron chi connectivity index (χ4n) is 1.69. The summed E-state index contributed by atoms with van der Waals surface area (Å²) in [5.41, 5.74) is 1.49. The number of hydrogen-bond donors (Lipinski definition) is 1. The third kappa shape index (κ3) is 4.09. The van der Waals surface area contributed by atoms with Gasteiger partial charge >= 0.3 is 0 Å². The van der Waals surface area contributed by atoms with E-state index in [0.29, 0.717) is 16.8 Å². The molecule has 0 saturated heterocycles. The van der Waals surface area contributed by atoms with Crippen molar-refractivity contribution in [1.29, 1.82) is 0 Å². The minimum absolute atomic E-state index is 0.145. The van der Waals surface area contributed by atoms with E-state index < -0.39 is 0 Å². The van der Waals surface area contributed by atoms with Gasteiger partial charge in [-0.2, -0.15) is 0 Å². The minimum Gasteiger partial charge on any atom is -0.350 e. The van der Waals surface area contributed by atoms with Crippen LogP contribution in [0.4, 0.5) is 4.39 Å². The predicted molar refractivity (Wildman–Crippen MR) is 76.4 cm³/mol. The van der Waals surface area contributed by atoms with Crippen LogP contribution in [0.2, 0.25) is 0 Å². The van der Waals surface area contributed by atoms with E-state index in [9.17, 15) is 9.18 Å². The smallest absolute Gasteiger partial charge is 0.224 e. The summed E-state index contributed by atoms with van der Waals surface area (Å²) in [7, 11) is 0. The summed E-state index contributed by atoms with van der Waals surface area (Å²) in [5, 5.41) is 2.77. The molecule has 1 aromatic heterocycles. The monoisotopic (exact) mass is 337 g/mol. The molecule has 6 heteroatoms. The molecule has 1 amide bonds. The molecule has 20 heavy (non-hydrogen) atoms. The van der Waals surface area contributed by atoms with Crippen molar-refractivity contribution in [1.82, 2.24) is 15.3 Å². The number of halogens is 2. The van der Waals surface area contributed by atoms with Crippen LogP contribution in [-0.2, 0) is 17.8 Å². The zero-order valence-corrected chi connectivity index (χ0v) is 12.4. The number of aryl methyl sites for hydroxylation is 1. The molecule has 0 bridgehead atoms. The van der Waals surface area contributed by atoms with Crippen molar-refractivity contribution >= 4 is 21.8 Å². The number of amides is 1. The lowest BCUT2D eigenvalue weighted by molar-refractivity contribution is -0.120. The molecule has 0 radical (unpaired) electrons. The van der Waals surface area contributed by atoms with Gasteiger partial charge in [-0.15, -0.1) is 0 Å². The number of benzene rings is 1. The van der Waals surface area contributed by atoms with Crippen LogP contribution in [0, 0.1) is 12.7 Å². The van der Waals surface area contributed by atoms with E-state index in [1.807, 2.05) is 0 Å². The highest BCUT2D eigenvalue weighted by Crippen LogP contribution is 2.18. The first-order valence-corrected chi connectivity index (χ1v) is 6.83. The van der Waals surface area contributed by atoms with Gasteiger partial charge in [-0.3, -0.25) is 4.79 Å². The van der Waals surface area contributed by atoms with Gasteiger partial charge in [-0.25, -0.2) is 14.4 Å². The average molecular weight is 338 g/mol. The molecule has 0 spiro atoms. The lowest BCUT2D eigenvalue weighted by atomic mass is 10.1. The average Bonchev–Trinajstić information content (AvgIpc) is 2.40. The summed E-state index contributed by atoms with van der Waals surface area (Å²) in [4.78, 5) is 20.0. The fourth-order valence-corrected chi connectivity index (χ4v) is 2.18. The van der Waals surface area contributed by atoms with Crippen LogP contribution in [0.5, 0.6) is 0 Å². The topological polar surface area (TPSA) is 54.9 Å². The van der Waals surface area contributed by atoms with Gasteiger partial charge in [0.1, 0.15) is 11.6 Å². The summed E-state index contributed by atoms with van der Waals surface area (Å²) < 4.78 is 13.5. The quantitative estimate of drug-likeness (QED) is 0.932. The lowest BCUT2D eigenvalue weighted by Crippen LogP contribution is -2.25. The van der Waals surface area contributed by atoms with Crippen molar-refractivity contribution < 1.29 is 9.18 Å². The number of carbonyl (C=O) groups excluding carboxylic acids is 1. The zero-order chi connectivity index (χ0) is 14.5. The number of nitrogens with zero attached hydrogens (tertiary/aromatic N) is 2. The van der Waals surface area contributed by atoms with Gasteiger partial charge in [0.25, 0.3) is 0 Å². The number of aromatic nitrogens is 2. The summed E-state index contributed by atoms with van der Waals surface area (Å²) in [6, 6.07) is 6.02. The second-order valence-corrected chi connectivity index (χ2v) is 5.14. The van der Waals surface area contributed by atoms with Crippen LogP contribution in [0.25, 0.3) is 0 Å². The molecule has 0 unspecified atom stereocenters. The fraction of sp³-hybridized carbons (Fsp3) is 0.214. The molecule has 0 saturated carbocycles. The summed E-state index contributed by atoms with van der Waals surface area (Å²) in [6.07, 6.45) is 1.84. The largest absolute Gasteiger partial charge is 0.350 e. The maximum atomic E-state index is 12.9. The highest BCUT2D eigenvalue weighted by molar-refractivity contribution is 9.10. The first kappa shape index (κ1) is 14.6. The Kier molecular flexibility index (Phi) is 4.79. The molecule has 0 aliphatic heterocycles. The molecule has 2 rings (SSSR count). The Bertz CT molecular complexity index is 634. The maximum Gasteiger partial charge on any atom is 0.224 e. The summed E-state index contributed by atoms with van der Waals surface area (Å²) in [6.45, 7) is 2.14. The number of carbonyl (C=O) groups is 1. The van der Waals surface area contributed by atoms with Crippen molar-refractivity contribution in [2.75, 3.05) is 0 Å². The Morgan fingerprint density at radius 3 is 2.90 bits per heavy atom. The van der Waals surface area contributed by atoms with Gasteiger partial charge in [0.2, 0.25) is 5.91 Å². The maximum absolute atomic E-state index is 12.9. The van der Waals surface area contributed by atoms with Crippen LogP contribution in [0.1, 0.15) is 17.1 Å². The third-order valence-electron chi connectivity index (χ3n) is 2.67. The van der Waals surface area contributed by atoms with E-state index in [0.717, 1.165) is 11.3 Å². The van der Waals surface area contributed by atoms with Crippen LogP contribution >= 0.6 is 15.9 Å². The lowest BCUT2D eigenvalue weighted by Gasteiger charge is -2.07. The zero-order valence-electron chi connectivity index (χ0n) is 10.9. The Hall–Kier alpha value is -1.82. The Morgan fingerprint density at radius 1 is 1.40 bits per heavy atom. The molecule has 1 N–H and O–H groups in total.